The van der Waals surface area contributed by atoms with Gasteiger partial charge in [0.1, 0.15) is 11.5 Å². The summed E-state index contributed by atoms with van der Waals surface area (Å²) < 4.78 is 7.00. The average Bonchev–Trinajstić information content (AvgIpc) is 3.63. The van der Waals surface area contributed by atoms with Gasteiger partial charge < -0.3 is 9.64 Å². The van der Waals surface area contributed by atoms with Crippen LogP contribution in [0.25, 0.3) is 54.9 Å². The van der Waals surface area contributed by atoms with Crippen LogP contribution in [0.3, 0.4) is 0 Å². The maximum Gasteiger partial charge on any atom is 0.132 e. The molecule has 10 aromatic carbocycles. The van der Waals surface area contributed by atoms with Crippen LogP contribution in [0.15, 0.2) is 212 Å². The molecule has 12 rings (SSSR count). The first-order chi connectivity index (χ1) is 32.5. The molecule has 1 aliphatic heterocycles. The van der Waals surface area contributed by atoms with Crippen LogP contribution in [0.2, 0.25) is 0 Å². The van der Waals surface area contributed by atoms with Crippen LogP contribution < -0.4 is 9.64 Å². The molecular weight excluding hydrogens is 811 g/mol. The molecule has 2 nitrogen and oxygen atoms in total. The van der Waals surface area contributed by atoms with Crippen LogP contribution in [0.5, 0.6) is 11.5 Å². The number of para-hydroxylation sites is 2. The Labute approximate surface area is 394 Å². The molecule has 10 aromatic rings. The third kappa shape index (κ3) is 6.38. The summed E-state index contributed by atoms with van der Waals surface area (Å²) in [5, 5.41) is 4.84. The predicted octanol–water partition coefficient (Wildman–Crippen LogP) is 17.9. The van der Waals surface area contributed by atoms with E-state index in [-0.39, 0.29) is 10.8 Å². The van der Waals surface area contributed by atoms with Crippen LogP contribution in [0.1, 0.15) is 74.9 Å². The number of hydrogen-bond donors (Lipinski definition) is 0. The molecule has 2 aliphatic rings. The molecule has 0 fully saturated rings. The van der Waals surface area contributed by atoms with E-state index in [0.29, 0.717) is 0 Å². The van der Waals surface area contributed by atoms with Crippen molar-refractivity contribution < 1.29 is 4.74 Å². The summed E-state index contributed by atoms with van der Waals surface area (Å²) in [7, 11) is 0. The molecule has 0 aromatic heterocycles. The van der Waals surface area contributed by atoms with Crippen LogP contribution in [-0.2, 0) is 16.2 Å². The van der Waals surface area contributed by atoms with E-state index in [2.05, 4.69) is 259 Å². The maximum atomic E-state index is 7.00. The van der Waals surface area contributed by atoms with Gasteiger partial charge in [0.2, 0.25) is 0 Å². The maximum absolute atomic E-state index is 7.00. The molecule has 0 bridgehead atoms. The lowest BCUT2D eigenvalue weighted by atomic mass is 9.64. The summed E-state index contributed by atoms with van der Waals surface area (Å²) in [4.78, 5) is 2.51. The Morgan fingerprint density at radius 2 is 0.821 bits per heavy atom. The smallest absolute Gasteiger partial charge is 0.132 e. The monoisotopic (exact) mass is 863 g/mol. The van der Waals surface area contributed by atoms with Gasteiger partial charge >= 0.3 is 0 Å². The van der Waals surface area contributed by atoms with Crippen LogP contribution >= 0.6 is 0 Å². The SMILES string of the molecule is CC(C)(C)c1ccc2c(c1)C1(c3cc(C(C)(C)C)ccc3O2)c2ccccc2-c2ccc(-c3ccccc3N(c3ccccc3-c3cccc4ccccc34)c3cccc4ccccc34)cc21. The van der Waals surface area contributed by atoms with Crippen LogP contribution in [0.4, 0.5) is 17.1 Å². The first kappa shape index (κ1) is 40.8. The number of ether oxygens (including phenoxy) is 1. The Balaban J connectivity index is 1.15. The molecule has 0 atom stereocenters. The van der Waals surface area contributed by atoms with Crippen LogP contribution in [0, 0.1) is 0 Å². The van der Waals surface area contributed by atoms with E-state index in [9.17, 15) is 0 Å². The van der Waals surface area contributed by atoms with Gasteiger partial charge in [-0.25, -0.2) is 0 Å². The van der Waals surface area contributed by atoms with Gasteiger partial charge in [0.25, 0.3) is 0 Å². The van der Waals surface area contributed by atoms with Gasteiger partial charge in [-0.1, -0.05) is 205 Å². The van der Waals surface area contributed by atoms with Crippen molar-refractivity contribution in [1.82, 2.24) is 0 Å². The second-order valence-corrected chi connectivity index (χ2v) is 20.5. The number of nitrogens with zero attached hydrogens (tertiary/aromatic N) is 1. The summed E-state index contributed by atoms with van der Waals surface area (Å²) in [6.45, 7) is 13.8. The highest BCUT2D eigenvalue weighted by Gasteiger charge is 2.52. The molecule has 0 radical (unpaired) electrons. The van der Waals surface area contributed by atoms with E-state index in [4.69, 9.17) is 4.74 Å². The number of fused-ring (bicyclic) bond motifs is 11. The minimum atomic E-state index is -0.640. The topological polar surface area (TPSA) is 12.5 Å². The van der Waals surface area contributed by atoms with E-state index in [1.807, 2.05) is 0 Å². The highest BCUT2D eigenvalue weighted by Crippen LogP contribution is 2.63. The molecule has 0 saturated heterocycles. The van der Waals surface area contributed by atoms with Crippen LogP contribution in [-0.4, -0.2) is 0 Å². The largest absolute Gasteiger partial charge is 0.457 e. The minimum Gasteiger partial charge on any atom is -0.457 e. The normalized spacial score (nSPS) is 13.5. The second-order valence-electron chi connectivity index (χ2n) is 20.5. The summed E-state index contributed by atoms with van der Waals surface area (Å²) in [6.07, 6.45) is 0. The fraction of sp³-hybridized carbons (Fsp3) is 0.138. The Morgan fingerprint density at radius 3 is 1.49 bits per heavy atom. The number of hydrogen-bond acceptors (Lipinski definition) is 2. The molecule has 1 spiro atoms. The highest BCUT2D eigenvalue weighted by molar-refractivity contribution is 6.06. The van der Waals surface area contributed by atoms with Gasteiger partial charge in [0.15, 0.2) is 0 Å². The van der Waals surface area contributed by atoms with Gasteiger partial charge in [-0.2, -0.15) is 0 Å². The molecule has 1 aliphatic carbocycles. The van der Waals surface area contributed by atoms with Crippen molar-refractivity contribution in [2.45, 2.75) is 57.8 Å². The number of anilines is 3. The molecule has 0 unspecified atom stereocenters. The Bertz CT molecular complexity index is 3520. The van der Waals surface area contributed by atoms with Crippen molar-refractivity contribution in [3.05, 3.63) is 246 Å². The van der Waals surface area contributed by atoms with Gasteiger partial charge in [0.05, 0.1) is 22.5 Å². The average molecular weight is 864 g/mol. The van der Waals surface area contributed by atoms with Gasteiger partial charge in [-0.15, -0.1) is 0 Å². The van der Waals surface area contributed by atoms with Crippen molar-refractivity contribution in [1.29, 1.82) is 0 Å². The van der Waals surface area contributed by atoms with Crippen molar-refractivity contribution in [3.63, 3.8) is 0 Å². The summed E-state index contributed by atoms with van der Waals surface area (Å²) in [5.41, 5.74) is 17.3. The summed E-state index contributed by atoms with van der Waals surface area (Å²) >= 11 is 0. The molecule has 324 valence electrons. The van der Waals surface area contributed by atoms with E-state index >= 15 is 0 Å². The molecule has 1 heterocycles. The zero-order valence-electron chi connectivity index (χ0n) is 39.1. The lowest BCUT2D eigenvalue weighted by Crippen LogP contribution is -2.33. The van der Waals surface area contributed by atoms with E-state index in [1.165, 1.54) is 77.2 Å². The third-order valence-corrected chi connectivity index (χ3v) is 14.5. The highest BCUT2D eigenvalue weighted by atomic mass is 16.5. The third-order valence-electron chi connectivity index (χ3n) is 14.5. The van der Waals surface area contributed by atoms with Gasteiger partial charge in [-0.05, 0) is 120 Å². The number of benzene rings is 10. The zero-order valence-corrected chi connectivity index (χ0v) is 39.1. The zero-order chi connectivity index (χ0) is 45.7. The predicted molar refractivity (Wildman–Crippen MR) is 282 cm³/mol. The van der Waals surface area contributed by atoms with Crippen molar-refractivity contribution >= 4 is 38.6 Å². The Morgan fingerprint density at radius 1 is 0.343 bits per heavy atom. The molecule has 2 heteroatoms. The van der Waals surface area contributed by atoms with Crippen molar-refractivity contribution in [2.75, 3.05) is 4.90 Å². The Kier molecular flexibility index (Phi) is 9.25. The number of rotatable bonds is 5. The van der Waals surface area contributed by atoms with E-state index < -0.39 is 5.41 Å². The fourth-order valence-electron chi connectivity index (χ4n) is 11.1. The lowest BCUT2D eigenvalue weighted by Gasteiger charge is -2.41. The Hall–Kier alpha value is -7.68. The van der Waals surface area contributed by atoms with Gasteiger partial charge in [-0.3, -0.25) is 0 Å². The molecule has 0 saturated carbocycles. The molecule has 67 heavy (non-hydrogen) atoms. The molecule has 0 amide bonds. The quantitative estimate of drug-likeness (QED) is 0.171. The standard InChI is InChI=1S/C65H53NO/c1-63(2,3)45-34-37-61-56(40-45)65(57-41-46(64(4,5)6)35-38-62(57)67-61)54-29-14-11-26-51(54)52-36-33-44(39-55(52)65)49-25-12-15-30-58(49)66(59-32-18-22-43-20-8-10-24-48(43)59)60-31-16-13-27-53(60)50-28-17-21-42-19-7-9-23-47(42)50/h7-41H,1-6H3. The van der Waals surface area contributed by atoms with E-state index in [0.717, 1.165) is 39.7 Å². The van der Waals surface area contributed by atoms with Crippen molar-refractivity contribution in [2.24, 2.45) is 0 Å². The first-order valence-electron chi connectivity index (χ1n) is 23.7. The van der Waals surface area contributed by atoms with Crippen molar-refractivity contribution in [3.8, 4) is 44.9 Å². The second kappa shape index (κ2) is 15.2. The molecule has 0 N–H and O–H groups in total. The van der Waals surface area contributed by atoms with Gasteiger partial charge in [0, 0.05) is 27.6 Å². The summed E-state index contributed by atoms with van der Waals surface area (Å²) in [6, 6.07) is 79.0. The summed E-state index contributed by atoms with van der Waals surface area (Å²) in [5.74, 6) is 1.81. The fourth-order valence-corrected chi connectivity index (χ4v) is 11.1. The van der Waals surface area contributed by atoms with E-state index in [1.54, 1.807) is 0 Å². The lowest BCUT2D eigenvalue weighted by molar-refractivity contribution is 0.433. The minimum absolute atomic E-state index is 0.0705. The first-order valence-corrected chi connectivity index (χ1v) is 23.7. The molecular formula is C65H53NO.